The third-order valence-corrected chi connectivity index (χ3v) is 7.19. The summed E-state index contributed by atoms with van der Waals surface area (Å²) in [4.78, 5) is 20.0. The Morgan fingerprint density at radius 1 is 1.13 bits per heavy atom. The van der Waals surface area contributed by atoms with Crippen LogP contribution in [0.3, 0.4) is 0 Å². The molecular weight excluding hydrogens is 522 g/mol. The van der Waals surface area contributed by atoms with E-state index in [1.165, 1.54) is 30.3 Å². The van der Waals surface area contributed by atoms with E-state index in [0.717, 1.165) is 12.4 Å². The van der Waals surface area contributed by atoms with E-state index in [9.17, 15) is 31.8 Å². The van der Waals surface area contributed by atoms with Crippen molar-refractivity contribution in [1.29, 1.82) is 5.26 Å². The first-order valence-corrected chi connectivity index (χ1v) is 12.9. The molecule has 1 N–H and O–H groups in total. The van der Waals surface area contributed by atoms with Gasteiger partial charge in [-0.3, -0.25) is 4.79 Å². The Labute approximate surface area is 220 Å². The van der Waals surface area contributed by atoms with Crippen molar-refractivity contribution in [2.75, 3.05) is 6.54 Å². The molecular formula is C26H25F4N5O2S. The van der Waals surface area contributed by atoms with Crippen LogP contribution >= 0.6 is 0 Å². The van der Waals surface area contributed by atoms with Crippen molar-refractivity contribution in [2.45, 2.75) is 50.3 Å². The first-order chi connectivity index (χ1) is 18.2. The summed E-state index contributed by atoms with van der Waals surface area (Å²) >= 11 is 0. The van der Waals surface area contributed by atoms with Crippen molar-refractivity contribution in [2.24, 2.45) is 0 Å². The molecule has 38 heavy (non-hydrogen) atoms. The molecule has 0 aliphatic carbocycles. The van der Waals surface area contributed by atoms with Crippen LogP contribution in [-0.2, 0) is 28.5 Å². The van der Waals surface area contributed by atoms with Crippen molar-refractivity contribution in [3.8, 4) is 17.2 Å². The quantitative estimate of drug-likeness (QED) is 0.438. The van der Waals surface area contributed by atoms with E-state index in [1.807, 2.05) is 19.9 Å². The van der Waals surface area contributed by atoms with E-state index in [0.29, 0.717) is 41.0 Å². The van der Waals surface area contributed by atoms with Crippen molar-refractivity contribution < 1.29 is 26.6 Å². The SMILES string of the molecule is CC.N#Cc1ccc(-c2cnc(C(F)(F)F)nc2)cc1CNC(=O)C1CCCN1S(=O)c1ccc(F)cc1. The molecule has 2 unspecified atom stereocenters. The monoisotopic (exact) mass is 547 g/mol. The smallest absolute Gasteiger partial charge is 0.351 e. The van der Waals surface area contributed by atoms with E-state index in [-0.39, 0.29) is 18.0 Å². The molecule has 0 saturated carbocycles. The molecule has 1 aliphatic heterocycles. The zero-order valence-electron chi connectivity index (χ0n) is 20.6. The number of carbonyl (C=O) groups is 1. The summed E-state index contributed by atoms with van der Waals surface area (Å²) in [5, 5.41) is 12.2. The van der Waals surface area contributed by atoms with E-state index < -0.39 is 34.8 Å². The molecule has 1 aromatic heterocycles. The lowest BCUT2D eigenvalue weighted by Crippen LogP contribution is -2.43. The fourth-order valence-corrected chi connectivity index (χ4v) is 5.21. The highest BCUT2D eigenvalue weighted by molar-refractivity contribution is 7.82. The summed E-state index contributed by atoms with van der Waals surface area (Å²) in [5.74, 6) is -2.09. The van der Waals surface area contributed by atoms with Crippen LogP contribution in [0.4, 0.5) is 17.6 Å². The average molecular weight is 548 g/mol. The van der Waals surface area contributed by atoms with Gasteiger partial charge in [-0.2, -0.15) is 18.4 Å². The Balaban J connectivity index is 0.00000195. The zero-order valence-corrected chi connectivity index (χ0v) is 21.4. The number of amides is 1. The van der Waals surface area contributed by atoms with Crippen LogP contribution in [0.1, 0.15) is 43.6 Å². The second-order valence-corrected chi connectivity index (χ2v) is 9.44. The van der Waals surface area contributed by atoms with Gasteiger partial charge in [0, 0.05) is 31.0 Å². The van der Waals surface area contributed by atoms with Crippen LogP contribution in [0, 0.1) is 17.1 Å². The maximum atomic E-state index is 13.2. The molecule has 1 fully saturated rings. The van der Waals surface area contributed by atoms with Crippen LogP contribution < -0.4 is 5.32 Å². The van der Waals surface area contributed by atoms with Crippen molar-refractivity contribution in [3.63, 3.8) is 0 Å². The number of alkyl halides is 3. The normalized spacial score (nSPS) is 16.2. The number of nitrogens with one attached hydrogen (secondary N) is 1. The van der Waals surface area contributed by atoms with Gasteiger partial charge in [-0.15, -0.1) is 0 Å². The number of benzene rings is 2. The van der Waals surface area contributed by atoms with Crippen LogP contribution in [0.25, 0.3) is 11.1 Å². The first-order valence-electron chi connectivity index (χ1n) is 11.8. The molecule has 1 saturated heterocycles. The molecule has 0 radical (unpaired) electrons. The fraction of sp³-hybridized carbons (Fsp3) is 0.308. The molecule has 0 bridgehead atoms. The van der Waals surface area contributed by atoms with Crippen molar-refractivity contribution in [3.05, 3.63) is 77.6 Å². The molecule has 2 heterocycles. The second-order valence-electron chi connectivity index (χ2n) is 8.00. The summed E-state index contributed by atoms with van der Waals surface area (Å²) in [6.45, 7) is 4.40. The minimum atomic E-state index is -4.66. The molecule has 1 amide bonds. The number of hydrogen-bond acceptors (Lipinski definition) is 5. The maximum Gasteiger partial charge on any atom is 0.451 e. The zero-order chi connectivity index (χ0) is 27.9. The van der Waals surface area contributed by atoms with E-state index >= 15 is 0 Å². The third-order valence-electron chi connectivity index (χ3n) is 5.65. The average Bonchev–Trinajstić information content (AvgIpc) is 3.42. The van der Waals surface area contributed by atoms with Gasteiger partial charge in [-0.05, 0) is 60.4 Å². The van der Waals surface area contributed by atoms with Gasteiger partial charge < -0.3 is 5.32 Å². The standard InChI is InChI=1S/C24H19F4N5O2S.C2H6/c25-19-5-7-20(8-6-19)36(35)33-9-1-2-21(33)22(34)30-12-17-10-15(3-4-16(17)11-29)18-13-31-23(32-14-18)24(26,27)28;1-2/h3-8,10,13-14,21H,1-2,9,12H2,(H,30,34);1-2H3. The molecule has 12 heteroatoms. The van der Waals surface area contributed by atoms with Crippen molar-refractivity contribution in [1.82, 2.24) is 19.6 Å². The minimum absolute atomic E-state index is 0.0232. The van der Waals surface area contributed by atoms with E-state index in [2.05, 4.69) is 15.3 Å². The number of hydrogen-bond donors (Lipinski definition) is 1. The number of carbonyl (C=O) groups excluding carboxylic acids is 1. The number of aromatic nitrogens is 2. The Morgan fingerprint density at radius 2 is 1.79 bits per heavy atom. The molecule has 2 atom stereocenters. The molecule has 0 spiro atoms. The third kappa shape index (κ3) is 6.79. The van der Waals surface area contributed by atoms with Gasteiger partial charge in [0.1, 0.15) is 22.8 Å². The second kappa shape index (κ2) is 12.7. The van der Waals surface area contributed by atoms with Crippen molar-refractivity contribution >= 4 is 16.9 Å². The highest BCUT2D eigenvalue weighted by atomic mass is 32.2. The predicted molar refractivity (Wildman–Crippen MR) is 133 cm³/mol. The minimum Gasteiger partial charge on any atom is -0.351 e. The summed E-state index contributed by atoms with van der Waals surface area (Å²) in [6.07, 6.45) is -1.45. The number of nitriles is 1. The summed E-state index contributed by atoms with van der Waals surface area (Å²) in [5.41, 5.74) is 1.53. The van der Waals surface area contributed by atoms with Crippen LogP contribution in [-0.4, -0.2) is 37.0 Å². The Kier molecular flexibility index (Phi) is 9.66. The highest BCUT2D eigenvalue weighted by Crippen LogP contribution is 2.28. The molecule has 3 aromatic rings. The lowest BCUT2D eigenvalue weighted by molar-refractivity contribution is -0.145. The van der Waals surface area contributed by atoms with Gasteiger partial charge in [0.25, 0.3) is 0 Å². The molecule has 7 nitrogen and oxygen atoms in total. The predicted octanol–water partition coefficient (Wildman–Crippen LogP) is 5.00. The van der Waals surface area contributed by atoms with Gasteiger partial charge in [0.2, 0.25) is 11.7 Å². The fourth-order valence-electron chi connectivity index (χ4n) is 3.84. The Bertz CT molecular complexity index is 1330. The maximum absolute atomic E-state index is 13.2. The molecule has 4 rings (SSSR count). The van der Waals surface area contributed by atoms with Gasteiger partial charge in [-0.25, -0.2) is 22.9 Å². The Hall–Kier alpha value is -3.69. The lowest BCUT2D eigenvalue weighted by Gasteiger charge is -2.22. The first kappa shape index (κ1) is 28.9. The summed E-state index contributed by atoms with van der Waals surface area (Å²) in [7, 11) is -1.65. The molecule has 200 valence electrons. The highest BCUT2D eigenvalue weighted by Gasteiger charge is 2.35. The number of rotatable bonds is 6. The number of nitrogens with zero attached hydrogens (tertiary/aromatic N) is 4. The molecule has 2 aromatic carbocycles. The largest absolute Gasteiger partial charge is 0.451 e. The van der Waals surface area contributed by atoms with Crippen LogP contribution in [0.2, 0.25) is 0 Å². The van der Waals surface area contributed by atoms with E-state index in [1.54, 1.807) is 16.4 Å². The van der Waals surface area contributed by atoms with Crippen LogP contribution in [0.15, 0.2) is 59.8 Å². The summed E-state index contributed by atoms with van der Waals surface area (Å²) in [6, 6.07) is 11.2. The van der Waals surface area contributed by atoms with Crippen LogP contribution in [0.5, 0.6) is 0 Å². The summed E-state index contributed by atoms with van der Waals surface area (Å²) < 4.78 is 65.9. The van der Waals surface area contributed by atoms with Gasteiger partial charge >= 0.3 is 6.18 Å². The lowest BCUT2D eigenvalue weighted by atomic mass is 10.0. The van der Waals surface area contributed by atoms with Gasteiger partial charge in [0.15, 0.2) is 0 Å². The molecule has 1 aliphatic rings. The topological polar surface area (TPSA) is 99.0 Å². The number of halogens is 4. The van der Waals surface area contributed by atoms with Gasteiger partial charge in [0.05, 0.1) is 16.5 Å². The Morgan fingerprint density at radius 3 is 2.39 bits per heavy atom. The van der Waals surface area contributed by atoms with E-state index in [4.69, 9.17) is 0 Å². The van der Waals surface area contributed by atoms with Gasteiger partial charge in [-0.1, -0.05) is 19.9 Å².